The first-order chi connectivity index (χ1) is 14.4. The van der Waals surface area contributed by atoms with E-state index in [1.807, 2.05) is 5.32 Å². The highest BCUT2D eigenvalue weighted by molar-refractivity contribution is 6.39. The van der Waals surface area contributed by atoms with Crippen molar-refractivity contribution >= 4 is 41.2 Å². The highest BCUT2D eigenvalue weighted by Crippen LogP contribution is 2.37. The van der Waals surface area contributed by atoms with Gasteiger partial charge in [-0.05, 0) is 35.9 Å². The van der Waals surface area contributed by atoms with Gasteiger partial charge in [-0.2, -0.15) is 0 Å². The Morgan fingerprint density at radius 3 is 2.63 bits per heavy atom. The van der Waals surface area contributed by atoms with E-state index in [-0.39, 0.29) is 34.4 Å². The Balaban J connectivity index is 2.03. The van der Waals surface area contributed by atoms with E-state index in [2.05, 4.69) is 6.58 Å². The molecule has 1 saturated heterocycles. The Morgan fingerprint density at radius 1 is 1.23 bits per heavy atom. The summed E-state index contributed by atoms with van der Waals surface area (Å²) in [4.78, 5) is 37.9. The summed E-state index contributed by atoms with van der Waals surface area (Å²) in [6, 6.07) is 7.15. The summed E-state index contributed by atoms with van der Waals surface area (Å²) < 4.78 is 24.9. The number of carbonyl (C=O) groups excluding carboxylic acids is 3. The molecule has 0 spiro atoms. The zero-order chi connectivity index (χ0) is 21.8. The fourth-order valence-electron chi connectivity index (χ4n) is 2.78. The number of rotatable bonds is 6. The molecule has 7 nitrogen and oxygen atoms in total. The van der Waals surface area contributed by atoms with Crippen LogP contribution in [0.5, 0.6) is 11.5 Å². The minimum Gasteiger partial charge on any atom is -0.493 e. The number of hydrogen-bond donors (Lipinski definition) is 1. The number of imide groups is 2. The summed E-state index contributed by atoms with van der Waals surface area (Å²) in [6.07, 6.45) is 2.76. The lowest BCUT2D eigenvalue weighted by Crippen LogP contribution is -2.54. The summed E-state index contributed by atoms with van der Waals surface area (Å²) in [5.41, 5.74) is -0.318. The van der Waals surface area contributed by atoms with Crippen LogP contribution in [0.15, 0.2) is 54.6 Å². The second kappa shape index (κ2) is 8.79. The molecule has 0 atom stereocenters. The van der Waals surface area contributed by atoms with Crippen LogP contribution in [0.2, 0.25) is 5.02 Å². The summed E-state index contributed by atoms with van der Waals surface area (Å²) in [5, 5.41) is 2.21. The quantitative estimate of drug-likeness (QED) is 0.429. The van der Waals surface area contributed by atoms with Crippen LogP contribution >= 0.6 is 11.6 Å². The van der Waals surface area contributed by atoms with Gasteiger partial charge in [-0.1, -0.05) is 36.4 Å². The molecule has 0 aromatic heterocycles. The number of para-hydroxylation sites is 1. The largest absolute Gasteiger partial charge is 0.493 e. The first-order valence-electron chi connectivity index (χ1n) is 8.64. The number of nitrogens with one attached hydrogen (secondary N) is 1. The van der Waals surface area contributed by atoms with Crippen molar-refractivity contribution in [1.29, 1.82) is 0 Å². The zero-order valence-corrected chi connectivity index (χ0v) is 16.5. The molecule has 1 aliphatic heterocycles. The second-order valence-electron chi connectivity index (χ2n) is 6.04. The Kier molecular flexibility index (Phi) is 6.17. The number of nitrogens with zero attached hydrogens (tertiary/aromatic N) is 1. The monoisotopic (exact) mass is 430 g/mol. The van der Waals surface area contributed by atoms with E-state index in [4.69, 9.17) is 21.1 Å². The molecule has 154 valence electrons. The standard InChI is InChI=1S/C21H16ClFN2O5/c1-3-8-30-18-14(22)10-12(11-17(18)29-2)9-13-19(26)24-21(28)25(20(13)27)16-7-5-4-6-15(16)23/h3-7,9-11H,1,8H2,2H3,(H,24,26,28)/b13-9-. The van der Waals surface area contributed by atoms with Crippen molar-refractivity contribution in [3.05, 3.63) is 71.0 Å². The number of barbiturate groups is 1. The molecule has 3 rings (SSSR count). The maximum atomic E-state index is 14.1. The topological polar surface area (TPSA) is 84.9 Å². The molecule has 30 heavy (non-hydrogen) atoms. The Hall–Kier alpha value is -3.65. The van der Waals surface area contributed by atoms with Gasteiger partial charge in [0.15, 0.2) is 11.5 Å². The third-order valence-electron chi connectivity index (χ3n) is 4.10. The number of amides is 4. The number of ether oxygens (including phenoxy) is 2. The van der Waals surface area contributed by atoms with Gasteiger partial charge in [0.05, 0.1) is 17.8 Å². The number of hydrogen-bond acceptors (Lipinski definition) is 5. The van der Waals surface area contributed by atoms with Crippen LogP contribution in [0.3, 0.4) is 0 Å². The van der Waals surface area contributed by atoms with E-state index in [1.54, 1.807) is 0 Å². The van der Waals surface area contributed by atoms with Crippen molar-refractivity contribution in [3.63, 3.8) is 0 Å². The van der Waals surface area contributed by atoms with E-state index < -0.39 is 23.7 Å². The van der Waals surface area contributed by atoms with E-state index in [0.717, 1.165) is 6.07 Å². The lowest BCUT2D eigenvalue weighted by atomic mass is 10.1. The summed E-state index contributed by atoms with van der Waals surface area (Å²) >= 11 is 6.24. The maximum absolute atomic E-state index is 14.1. The molecule has 1 fully saturated rings. The summed E-state index contributed by atoms with van der Waals surface area (Å²) in [7, 11) is 1.40. The van der Waals surface area contributed by atoms with E-state index >= 15 is 0 Å². The molecule has 0 saturated carbocycles. The summed E-state index contributed by atoms with van der Waals surface area (Å²) in [6.45, 7) is 3.75. The molecule has 2 aromatic carbocycles. The van der Waals surface area contributed by atoms with Gasteiger partial charge in [0.1, 0.15) is 18.0 Å². The number of benzene rings is 2. The van der Waals surface area contributed by atoms with Crippen molar-refractivity contribution in [2.45, 2.75) is 0 Å². The maximum Gasteiger partial charge on any atom is 0.336 e. The Bertz CT molecular complexity index is 1080. The van der Waals surface area contributed by atoms with Crippen molar-refractivity contribution < 1.29 is 28.2 Å². The highest BCUT2D eigenvalue weighted by atomic mass is 35.5. The molecule has 4 amide bonds. The van der Waals surface area contributed by atoms with Crippen molar-refractivity contribution in [2.24, 2.45) is 0 Å². The lowest BCUT2D eigenvalue weighted by Gasteiger charge is -2.26. The van der Waals surface area contributed by atoms with Crippen LogP contribution in [-0.4, -0.2) is 31.6 Å². The number of anilines is 1. The predicted molar refractivity (Wildman–Crippen MR) is 109 cm³/mol. The van der Waals surface area contributed by atoms with Gasteiger partial charge in [-0.3, -0.25) is 14.9 Å². The molecule has 1 aliphatic rings. The number of carbonyl (C=O) groups is 3. The van der Waals surface area contributed by atoms with Gasteiger partial charge in [-0.25, -0.2) is 14.1 Å². The molecule has 0 bridgehead atoms. The molecular formula is C21H16ClFN2O5. The highest BCUT2D eigenvalue weighted by Gasteiger charge is 2.38. The second-order valence-corrected chi connectivity index (χ2v) is 6.45. The first kappa shape index (κ1) is 21.1. The third kappa shape index (κ3) is 4.04. The smallest absolute Gasteiger partial charge is 0.336 e. The predicted octanol–water partition coefficient (Wildman–Crippen LogP) is 3.72. The van der Waals surface area contributed by atoms with Crippen molar-refractivity contribution in [1.82, 2.24) is 5.32 Å². The van der Waals surface area contributed by atoms with Crippen LogP contribution in [0, 0.1) is 5.82 Å². The van der Waals surface area contributed by atoms with Gasteiger partial charge >= 0.3 is 6.03 Å². The fourth-order valence-corrected chi connectivity index (χ4v) is 3.06. The molecule has 0 unspecified atom stereocenters. The van der Waals surface area contributed by atoms with Crippen LogP contribution in [0.25, 0.3) is 6.08 Å². The van der Waals surface area contributed by atoms with Crippen LogP contribution in [0.4, 0.5) is 14.9 Å². The lowest BCUT2D eigenvalue weighted by molar-refractivity contribution is -0.122. The van der Waals surface area contributed by atoms with Gasteiger partial charge in [-0.15, -0.1) is 0 Å². The van der Waals surface area contributed by atoms with Crippen LogP contribution in [0.1, 0.15) is 5.56 Å². The molecular weight excluding hydrogens is 415 g/mol. The van der Waals surface area contributed by atoms with Crippen molar-refractivity contribution in [2.75, 3.05) is 18.6 Å². The zero-order valence-electron chi connectivity index (χ0n) is 15.8. The van der Waals surface area contributed by atoms with Gasteiger partial charge in [0.25, 0.3) is 11.8 Å². The average molecular weight is 431 g/mol. The minimum atomic E-state index is -1.05. The fraction of sp³-hybridized carbons (Fsp3) is 0.0952. The van der Waals surface area contributed by atoms with Gasteiger partial charge in [0.2, 0.25) is 0 Å². The molecule has 0 radical (unpaired) electrons. The SMILES string of the molecule is C=CCOc1c(Cl)cc(/C=C2/C(=O)NC(=O)N(c3ccccc3F)C2=O)cc1OC. The van der Waals surface area contributed by atoms with Crippen molar-refractivity contribution in [3.8, 4) is 11.5 Å². The molecule has 1 N–H and O–H groups in total. The van der Waals surface area contributed by atoms with Crippen LogP contribution < -0.4 is 19.7 Å². The minimum absolute atomic E-state index is 0.175. The molecule has 0 aliphatic carbocycles. The van der Waals surface area contributed by atoms with Gasteiger partial charge < -0.3 is 9.47 Å². The number of urea groups is 1. The van der Waals surface area contributed by atoms with Crippen LogP contribution in [-0.2, 0) is 9.59 Å². The number of methoxy groups -OCH3 is 1. The Labute approximate surface area is 176 Å². The average Bonchev–Trinajstić information content (AvgIpc) is 2.71. The first-order valence-corrected chi connectivity index (χ1v) is 9.02. The molecule has 2 aromatic rings. The molecule has 9 heteroatoms. The number of halogens is 2. The van der Waals surface area contributed by atoms with E-state index in [1.165, 1.54) is 49.6 Å². The third-order valence-corrected chi connectivity index (χ3v) is 4.38. The van der Waals surface area contributed by atoms with E-state index in [9.17, 15) is 18.8 Å². The van der Waals surface area contributed by atoms with E-state index in [0.29, 0.717) is 10.5 Å². The molecule has 1 heterocycles. The Morgan fingerprint density at radius 2 is 1.97 bits per heavy atom. The van der Waals surface area contributed by atoms with Gasteiger partial charge in [0, 0.05) is 0 Å². The summed E-state index contributed by atoms with van der Waals surface area (Å²) in [5.74, 6) is -2.15. The normalized spacial score (nSPS) is 15.2.